The normalized spacial score (nSPS) is 11.2. The fourth-order valence-corrected chi connectivity index (χ4v) is 6.94. The monoisotopic (exact) mass is 814 g/mol. The summed E-state index contributed by atoms with van der Waals surface area (Å²) in [5.74, 6) is 1.89. The van der Waals surface area contributed by atoms with Crippen molar-refractivity contribution in [3.63, 3.8) is 0 Å². The van der Waals surface area contributed by atoms with Gasteiger partial charge in [0.2, 0.25) is 11.8 Å². The van der Waals surface area contributed by atoms with E-state index in [1.165, 1.54) is 0 Å². The predicted molar refractivity (Wildman–Crippen MR) is 239 cm³/mol. The van der Waals surface area contributed by atoms with E-state index >= 15 is 0 Å². The van der Waals surface area contributed by atoms with Gasteiger partial charge in [0, 0.05) is 64.5 Å². The minimum atomic E-state index is -0.0144. The molecule has 0 unspecified atom stereocenters. The second-order valence-electron chi connectivity index (χ2n) is 15.3. The Balaban J connectivity index is 1.40. The van der Waals surface area contributed by atoms with E-state index in [2.05, 4.69) is 62.4 Å². The third-order valence-electron chi connectivity index (χ3n) is 9.86. The van der Waals surface area contributed by atoms with Gasteiger partial charge in [-0.25, -0.2) is 9.97 Å². The summed E-state index contributed by atoms with van der Waals surface area (Å²) in [6, 6.07) is 30.0. The number of hydrogen-bond donors (Lipinski definition) is 3. The van der Waals surface area contributed by atoms with E-state index in [-0.39, 0.29) is 11.8 Å². The molecule has 1 aromatic carbocycles. The lowest BCUT2D eigenvalue weighted by Crippen LogP contribution is -2.25. The molecule has 0 fully saturated rings. The van der Waals surface area contributed by atoms with E-state index in [1.54, 1.807) is 0 Å². The van der Waals surface area contributed by atoms with Gasteiger partial charge in [0.25, 0.3) is 0 Å². The van der Waals surface area contributed by atoms with Gasteiger partial charge in [0.15, 0.2) is 0 Å². The number of pyridine rings is 4. The molecule has 0 aliphatic carbocycles. The summed E-state index contributed by atoms with van der Waals surface area (Å²) >= 11 is 0. The molecule has 0 atom stereocenters. The van der Waals surface area contributed by atoms with E-state index in [1.807, 2.05) is 85.2 Å². The van der Waals surface area contributed by atoms with Gasteiger partial charge in [-0.2, -0.15) is 0 Å². The highest BCUT2D eigenvalue weighted by molar-refractivity contribution is 5.90. The highest BCUT2D eigenvalue weighted by Crippen LogP contribution is 2.24. The SMILES string of the molecule is CCCCCC(=O)Nc1cccc(CN(Cc2cc(CN(Cc3ccccn3)Cc3cccc(NC(=O)CCCCC)n3)cc(OCCCCN)c2)Cc2ccccn2)n1. The van der Waals surface area contributed by atoms with E-state index < -0.39 is 0 Å². The van der Waals surface area contributed by atoms with Crippen LogP contribution in [0.3, 0.4) is 0 Å². The minimum absolute atomic E-state index is 0.0144. The minimum Gasteiger partial charge on any atom is -0.494 e. The summed E-state index contributed by atoms with van der Waals surface area (Å²) < 4.78 is 6.38. The van der Waals surface area contributed by atoms with E-state index in [9.17, 15) is 9.59 Å². The summed E-state index contributed by atoms with van der Waals surface area (Å²) in [5.41, 5.74) is 11.6. The van der Waals surface area contributed by atoms with Crippen LogP contribution >= 0.6 is 0 Å². The number of nitrogens with zero attached hydrogens (tertiary/aromatic N) is 6. The van der Waals surface area contributed by atoms with Crippen LogP contribution in [0.5, 0.6) is 5.75 Å². The Hall–Kier alpha value is -5.56. The van der Waals surface area contributed by atoms with Crippen LogP contribution in [0.1, 0.15) is 112 Å². The van der Waals surface area contributed by atoms with Crippen molar-refractivity contribution in [2.75, 3.05) is 23.8 Å². The van der Waals surface area contributed by atoms with E-state index in [0.717, 1.165) is 91.0 Å². The second kappa shape index (κ2) is 25.8. The second-order valence-corrected chi connectivity index (χ2v) is 15.3. The highest BCUT2D eigenvalue weighted by Gasteiger charge is 2.16. The molecule has 0 aliphatic heterocycles. The fourth-order valence-electron chi connectivity index (χ4n) is 6.94. The summed E-state index contributed by atoms with van der Waals surface area (Å²) in [5, 5.41) is 5.99. The topological polar surface area (TPSA) is 151 Å². The molecule has 5 aromatic rings. The third-order valence-corrected chi connectivity index (χ3v) is 9.86. The van der Waals surface area contributed by atoms with Crippen LogP contribution in [0.2, 0.25) is 0 Å². The molecule has 0 aliphatic rings. The van der Waals surface area contributed by atoms with E-state index in [4.69, 9.17) is 20.4 Å². The Morgan fingerprint density at radius 1 is 0.567 bits per heavy atom. The molecule has 318 valence electrons. The highest BCUT2D eigenvalue weighted by atomic mass is 16.5. The number of benzene rings is 1. The maximum Gasteiger partial charge on any atom is 0.225 e. The number of aromatic nitrogens is 4. The van der Waals surface area contributed by atoms with Crippen molar-refractivity contribution in [1.82, 2.24) is 29.7 Å². The first-order chi connectivity index (χ1) is 29.4. The van der Waals surface area contributed by atoms with E-state index in [0.29, 0.717) is 76.9 Å². The zero-order chi connectivity index (χ0) is 42.2. The molecule has 4 N–H and O–H groups in total. The molecule has 2 amide bonds. The predicted octanol–water partition coefficient (Wildman–Crippen LogP) is 8.83. The number of carbonyl (C=O) groups excluding carboxylic acids is 2. The number of ether oxygens (including phenoxy) is 1. The summed E-state index contributed by atoms with van der Waals surface area (Å²) in [6.07, 6.45) is 12.3. The van der Waals surface area contributed by atoms with Gasteiger partial charge in [-0.3, -0.25) is 29.4 Å². The number of anilines is 2. The quantitative estimate of drug-likeness (QED) is 0.0439. The summed E-state index contributed by atoms with van der Waals surface area (Å²) in [7, 11) is 0. The number of amides is 2. The van der Waals surface area contributed by atoms with Gasteiger partial charge < -0.3 is 21.1 Å². The van der Waals surface area contributed by atoms with Crippen LogP contribution in [-0.4, -0.2) is 54.7 Å². The number of nitrogens with one attached hydrogen (secondary N) is 2. The van der Waals surface area contributed by atoms with Crippen molar-refractivity contribution in [3.05, 3.63) is 137 Å². The Morgan fingerprint density at radius 2 is 1.05 bits per heavy atom. The molecule has 0 saturated carbocycles. The largest absolute Gasteiger partial charge is 0.494 e. The van der Waals surface area contributed by atoms with Crippen LogP contribution in [0.4, 0.5) is 11.6 Å². The van der Waals surface area contributed by atoms with Crippen molar-refractivity contribution < 1.29 is 14.3 Å². The fraction of sp³-hybridized carbons (Fsp3) is 0.417. The van der Waals surface area contributed by atoms with Gasteiger partial charge >= 0.3 is 0 Å². The Morgan fingerprint density at radius 3 is 1.50 bits per heavy atom. The van der Waals surface area contributed by atoms with Crippen LogP contribution in [0, 0.1) is 0 Å². The number of hydrogen-bond acceptors (Lipinski definition) is 10. The van der Waals surface area contributed by atoms with Crippen LogP contribution < -0.4 is 21.1 Å². The molecule has 12 nitrogen and oxygen atoms in total. The first-order valence-electron chi connectivity index (χ1n) is 21.6. The maximum atomic E-state index is 12.6. The van der Waals surface area contributed by atoms with Crippen LogP contribution in [0.15, 0.2) is 103 Å². The molecule has 60 heavy (non-hydrogen) atoms. The smallest absolute Gasteiger partial charge is 0.225 e. The number of nitrogens with two attached hydrogens (primary N) is 1. The first kappa shape index (κ1) is 45.5. The Bertz CT molecular complexity index is 1880. The van der Waals surface area contributed by atoms with Gasteiger partial charge in [0.05, 0.1) is 29.4 Å². The maximum absolute atomic E-state index is 12.6. The van der Waals surface area contributed by atoms with Gasteiger partial charge in [0.1, 0.15) is 17.4 Å². The zero-order valence-corrected chi connectivity index (χ0v) is 35.5. The van der Waals surface area contributed by atoms with Crippen LogP contribution in [-0.2, 0) is 48.9 Å². The molecule has 0 radical (unpaired) electrons. The lowest BCUT2D eigenvalue weighted by Gasteiger charge is -2.25. The molecular formula is C48H63N9O3. The molecule has 0 saturated heterocycles. The average molecular weight is 814 g/mol. The number of carbonyl (C=O) groups is 2. The lowest BCUT2D eigenvalue weighted by atomic mass is 10.1. The summed E-state index contributed by atoms with van der Waals surface area (Å²) in [6.45, 7) is 8.90. The Labute approximate surface area is 356 Å². The zero-order valence-electron chi connectivity index (χ0n) is 35.5. The molecular weight excluding hydrogens is 751 g/mol. The van der Waals surface area contributed by atoms with Gasteiger partial charge in [-0.15, -0.1) is 0 Å². The van der Waals surface area contributed by atoms with Crippen molar-refractivity contribution in [2.45, 2.75) is 117 Å². The molecule has 0 spiro atoms. The Kier molecular flexibility index (Phi) is 19.6. The van der Waals surface area contributed by atoms with Crippen LogP contribution in [0.25, 0.3) is 0 Å². The number of rotatable bonds is 27. The van der Waals surface area contributed by atoms with Gasteiger partial charge in [-0.05, 0) is 104 Å². The van der Waals surface area contributed by atoms with Crippen molar-refractivity contribution in [3.8, 4) is 5.75 Å². The summed E-state index contributed by atoms with van der Waals surface area (Å²) in [4.78, 5) is 48.9. The lowest BCUT2D eigenvalue weighted by molar-refractivity contribution is -0.117. The molecule has 4 heterocycles. The average Bonchev–Trinajstić information content (AvgIpc) is 3.23. The van der Waals surface area contributed by atoms with Crippen molar-refractivity contribution in [1.29, 1.82) is 0 Å². The van der Waals surface area contributed by atoms with Crippen molar-refractivity contribution in [2.24, 2.45) is 5.73 Å². The third kappa shape index (κ3) is 17.0. The number of unbranched alkanes of at least 4 members (excludes halogenated alkanes) is 5. The molecule has 12 heteroatoms. The first-order valence-corrected chi connectivity index (χ1v) is 21.6. The molecule has 4 aromatic heterocycles. The van der Waals surface area contributed by atoms with Gasteiger partial charge in [-0.1, -0.05) is 69.9 Å². The molecule has 5 rings (SSSR count). The van der Waals surface area contributed by atoms with Crippen molar-refractivity contribution >= 4 is 23.5 Å². The molecule has 0 bridgehead atoms. The standard InChI is InChI=1S/C48H63N9O3/c1-3-5-7-23-47(58)54-45-21-15-19-42(52-45)36-56(34-40-17-9-12-26-50-40)32-38-29-39(31-44(30-38)60-28-14-11-25-49)33-57(35-41-18-10-13-27-51-41)37-43-20-16-22-46(53-43)55-48(59)24-8-6-4-2/h9-10,12-13,15-22,26-27,29-31H,3-8,11,14,23-25,28,32-37,49H2,1-2H3,(H,52,54,58)(H,53,55,59).